The quantitative estimate of drug-likeness (QED) is 0.842. The van der Waals surface area contributed by atoms with Gasteiger partial charge in [0.25, 0.3) is 0 Å². The summed E-state index contributed by atoms with van der Waals surface area (Å²) in [6.45, 7) is 5.07. The second-order valence-corrected chi connectivity index (χ2v) is 6.10. The van der Waals surface area contributed by atoms with Crippen LogP contribution in [0.3, 0.4) is 0 Å². The maximum Gasteiger partial charge on any atom is 0.0739 e. The first-order valence-corrected chi connectivity index (χ1v) is 7.98. The summed E-state index contributed by atoms with van der Waals surface area (Å²) in [6.07, 6.45) is 0. The number of halogens is 1. The lowest BCUT2D eigenvalue weighted by Gasteiger charge is -2.06. The Labute approximate surface area is 126 Å². The zero-order chi connectivity index (χ0) is 13.8. The summed E-state index contributed by atoms with van der Waals surface area (Å²) in [4.78, 5) is 1.17. The molecule has 0 aliphatic carbocycles. The molecule has 1 N–H and O–H groups in total. The molecular formula is C14H17BrN2OS. The Morgan fingerprint density at radius 1 is 1.42 bits per heavy atom. The molecule has 0 bridgehead atoms. The monoisotopic (exact) mass is 340 g/mol. The van der Waals surface area contributed by atoms with Crippen molar-refractivity contribution in [2.75, 3.05) is 0 Å². The molecule has 0 fully saturated rings. The summed E-state index contributed by atoms with van der Waals surface area (Å²) in [5.74, 6) is 0.865. The van der Waals surface area contributed by atoms with E-state index < -0.39 is 0 Å². The van der Waals surface area contributed by atoms with Gasteiger partial charge in [0, 0.05) is 17.2 Å². The molecule has 0 atom stereocenters. The molecule has 2 rings (SSSR count). The molecule has 0 aliphatic heterocycles. The van der Waals surface area contributed by atoms with E-state index in [4.69, 9.17) is 5.11 Å². The SMILES string of the molecule is CCn1nc(C)c(Br)c1CSc1cccc(CO)c1. The molecule has 0 spiro atoms. The highest BCUT2D eigenvalue weighted by atomic mass is 79.9. The Bertz CT molecular complexity index is 569. The van der Waals surface area contributed by atoms with Gasteiger partial charge >= 0.3 is 0 Å². The fourth-order valence-electron chi connectivity index (χ4n) is 1.89. The zero-order valence-corrected chi connectivity index (χ0v) is 13.5. The molecule has 3 nitrogen and oxygen atoms in total. The molecule has 0 unspecified atom stereocenters. The van der Waals surface area contributed by atoms with Crippen LogP contribution in [0, 0.1) is 6.92 Å². The minimum absolute atomic E-state index is 0.0874. The van der Waals surface area contributed by atoms with Gasteiger partial charge in [-0.25, -0.2) is 0 Å². The number of benzene rings is 1. The van der Waals surface area contributed by atoms with Crippen LogP contribution in [0.2, 0.25) is 0 Å². The first-order chi connectivity index (χ1) is 9.15. The topological polar surface area (TPSA) is 38.0 Å². The molecule has 0 radical (unpaired) electrons. The summed E-state index contributed by atoms with van der Waals surface area (Å²) >= 11 is 5.37. The summed E-state index contributed by atoms with van der Waals surface area (Å²) in [7, 11) is 0. The molecule has 0 aliphatic rings. The fourth-order valence-corrected chi connectivity index (χ4v) is 3.51. The number of aryl methyl sites for hydroxylation is 2. The molecule has 102 valence electrons. The highest BCUT2D eigenvalue weighted by Crippen LogP contribution is 2.29. The minimum atomic E-state index is 0.0874. The first-order valence-electron chi connectivity index (χ1n) is 6.20. The number of hydrogen-bond acceptors (Lipinski definition) is 3. The molecule has 1 aromatic heterocycles. The van der Waals surface area contributed by atoms with Crippen molar-refractivity contribution in [3.05, 3.63) is 45.7 Å². The van der Waals surface area contributed by atoms with E-state index in [1.807, 2.05) is 29.8 Å². The minimum Gasteiger partial charge on any atom is -0.392 e. The highest BCUT2D eigenvalue weighted by molar-refractivity contribution is 9.10. The third-order valence-electron chi connectivity index (χ3n) is 2.91. The average Bonchev–Trinajstić information content (AvgIpc) is 2.72. The lowest BCUT2D eigenvalue weighted by atomic mass is 10.2. The molecule has 2 aromatic rings. The van der Waals surface area contributed by atoms with Crippen molar-refractivity contribution < 1.29 is 5.11 Å². The van der Waals surface area contributed by atoms with E-state index in [-0.39, 0.29) is 6.61 Å². The van der Waals surface area contributed by atoms with Gasteiger partial charge in [-0.2, -0.15) is 5.10 Å². The second kappa shape index (κ2) is 6.59. The zero-order valence-electron chi connectivity index (χ0n) is 11.1. The van der Waals surface area contributed by atoms with Crippen LogP contribution in [0.1, 0.15) is 23.9 Å². The second-order valence-electron chi connectivity index (χ2n) is 4.26. The highest BCUT2D eigenvalue weighted by Gasteiger charge is 2.12. The number of nitrogens with zero attached hydrogens (tertiary/aromatic N) is 2. The van der Waals surface area contributed by atoms with Gasteiger partial charge in [-0.15, -0.1) is 11.8 Å². The van der Waals surface area contributed by atoms with Crippen molar-refractivity contribution in [1.29, 1.82) is 0 Å². The Kier molecular flexibility index (Phi) is 5.07. The van der Waals surface area contributed by atoms with Crippen LogP contribution in [-0.4, -0.2) is 14.9 Å². The number of aliphatic hydroxyl groups excluding tert-OH is 1. The van der Waals surface area contributed by atoms with Crippen LogP contribution < -0.4 is 0 Å². The smallest absolute Gasteiger partial charge is 0.0739 e. The van der Waals surface area contributed by atoms with Gasteiger partial charge < -0.3 is 5.11 Å². The molecule has 19 heavy (non-hydrogen) atoms. The predicted molar refractivity (Wildman–Crippen MR) is 82.3 cm³/mol. The molecule has 0 amide bonds. The van der Waals surface area contributed by atoms with E-state index in [2.05, 4.69) is 34.0 Å². The fraction of sp³-hybridized carbons (Fsp3) is 0.357. The van der Waals surface area contributed by atoms with E-state index in [1.165, 1.54) is 10.6 Å². The van der Waals surface area contributed by atoms with Gasteiger partial charge in [0.2, 0.25) is 0 Å². The van der Waals surface area contributed by atoms with Crippen molar-refractivity contribution >= 4 is 27.7 Å². The van der Waals surface area contributed by atoms with E-state index in [0.717, 1.165) is 28.0 Å². The Morgan fingerprint density at radius 2 is 2.21 bits per heavy atom. The van der Waals surface area contributed by atoms with Crippen molar-refractivity contribution in [1.82, 2.24) is 9.78 Å². The normalized spacial score (nSPS) is 10.9. The predicted octanol–water partition coefficient (Wildman–Crippen LogP) is 3.76. The number of thioether (sulfide) groups is 1. The van der Waals surface area contributed by atoms with Gasteiger partial charge in [0.1, 0.15) is 0 Å². The summed E-state index contributed by atoms with van der Waals surface area (Å²) in [5.41, 5.74) is 3.19. The van der Waals surface area contributed by atoms with E-state index >= 15 is 0 Å². The maximum absolute atomic E-state index is 9.15. The van der Waals surface area contributed by atoms with Crippen LogP contribution in [-0.2, 0) is 18.9 Å². The van der Waals surface area contributed by atoms with Crippen molar-refractivity contribution in [3.8, 4) is 0 Å². The molecule has 5 heteroatoms. The van der Waals surface area contributed by atoms with Gasteiger partial charge in [-0.3, -0.25) is 4.68 Å². The van der Waals surface area contributed by atoms with Gasteiger partial charge in [-0.1, -0.05) is 12.1 Å². The van der Waals surface area contributed by atoms with Crippen LogP contribution in [0.5, 0.6) is 0 Å². The van der Waals surface area contributed by atoms with Crippen molar-refractivity contribution in [2.24, 2.45) is 0 Å². The third kappa shape index (κ3) is 3.41. The van der Waals surface area contributed by atoms with E-state index in [9.17, 15) is 0 Å². The molecule has 1 aromatic carbocycles. The van der Waals surface area contributed by atoms with Crippen LogP contribution in [0.25, 0.3) is 0 Å². The number of aliphatic hydroxyl groups is 1. The maximum atomic E-state index is 9.15. The van der Waals surface area contributed by atoms with Gasteiger partial charge in [0.15, 0.2) is 0 Å². The molecule has 1 heterocycles. The summed E-state index contributed by atoms with van der Waals surface area (Å²) < 4.78 is 3.13. The van der Waals surface area contributed by atoms with E-state index in [1.54, 1.807) is 11.8 Å². The van der Waals surface area contributed by atoms with E-state index in [0.29, 0.717) is 0 Å². The lowest BCUT2D eigenvalue weighted by molar-refractivity contribution is 0.281. The Balaban J connectivity index is 2.14. The van der Waals surface area contributed by atoms with Gasteiger partial charge in [-0.05, 0) is 47.5 Å². The Morgan fingerprint density at radius 3 is 2.89 bits per heavy atom. The lowest BCUT2D eigenvalue weighted by Crippen LogP contribution is -2.01. The van der Waals surface area contributed by atoms with Crippen LogP contribution >= 0.6 is 27.7 Å². The number of aromatic nitrogens is 2. The summed E-state index contributed by atoms with van der Waals surface area (Å²) in [6, 6.07) is 8.00. The average molecular weight is 341 g/mol. The van der Waals surface area contributed by atoms with Crippen LogP contribution in [0.15, 0.2) is 33.6 Å². The first kappa shape index (κ1) is 14.6. The largest absolute Gasteiger partial charge is 0.392 e. The van der Waals surface area contributed by atoms with Crippen molar-refractivity contribution in [2.45, 2.75) is 37.6 Å². The molecule has 0 saturated heterocycles. The van der Waals surface area contributed by atoms with Crippen molar-refractivity contribution in [3.63, 3.8) is 0 Å². The summed E-state index contributed by atoms with van der Waals surface area (Å²) in [5, 5.41) is 13.6. The van der Waals surface area contributed by atoms with Crippen LogP contribution in [0.4, 0.5) is 0 Å². The number of rotatable bonds is 5. The van der Waals surface area contributed by atoms with Gasteiger partial charge in [0.05, 0.1) is 22.5 Å². The third-order valence-corrected chi connectivity index (χ3v) is 4.95. The Hall–Kier alpha value is -0.780. The molecular weight excluding hydrogens is 324 g/mol. The standard InChI is InChI=1S/C14H17BrN2OS/c1-3-17-13(14(15)10(2)16-17)9-19-12-6-4-5-11(7-12)8-18/h4-7,18H,3,8-9H2,1-2H3. The molecule has 0 saturated carbocycles. The number of hydrogen-bond donors (Lipinski definition) is 1.